The molecule has 0 radical (unpaired) electrons. The van der Waals surface area contributed by atoms with Crippen LogP contribution in [-0.4, -0.2) is 13.0 Å². The van der Waals surface area contributed by atoms with E-state index >= 15 is 0 Å². The zero-order chi connectivity index (χ0) is 14.7. The highest BCUT2D eigenvalue weighted by molar-refractivity contribution is 6.31. The molecule has 0 aliphatic carbocycles. The average Bonchev–Trinajstić information content (AvgIpc) is 2.40. The van der Waals surface area contributed by atoms with E-state index in [4.69, 9.17) is 22.1 Å². The van der Waals surface area contributed by atoms with Crippen LogP contribution in [0.5, 0.6) is 5.75 Å². The van der Waals surface area contributed by atoms with Crippen molar-refractivity contribution >= 4 is 28.9 Å². The van der Waals surface area contributed by atoms with Crippen LogP contribution in [0.2, 0.25) is 5.02 Å². The van der Waals surface area contributed by atoms with Crippen LogP contribution < -0.4 is 15.8 Å². The molecule has 20 heavy (non-hydrogen) atoms. The van der Waals surface area contributed by atoms with Crippen molar-refractivity contribution in [3.8, 4) is 5.75 Å². The summed E-state index contributed by atoms with van der Waals surface area (Å²) in [5, 5.41) is 3.05. The summed E-state index contributed by atoms with van der Waals surface area (Å²) in [6.07, 6.45) is 0. The number of amides is 1. The van der Waals surface area contributed by atoms with Gasteiger partial charge in [-0.25, -0.2) is 4.39 Å². The summed E-state index contributed by atoms with van der Waals surface area (Å²) in [6.45, 7) is 0. The van der Waals surface area contributed by atoms with Crippen molar-refractivity contribution in [3.05, 3.63) is 52.8 Å². The van der Waals surface area contributed by atoms with E-state index in [-0.39, 0.29) is 17.0 Å². The lowest BCUT2D eigenvalue weighted by molar-refractivity contribution is 0.102. The van der Waals surface area contributed by atoms with Gasteiger partial charge in [0.1, 0.15) is 11.6 Å². The van der Waals surface area contributed by atoms with Crippen molar-refractivity contribution in [2.75, 3.05) is 18.2 Å². The molecule has 0 atom stereocenters. The molecule has 6 heteroatoms. The molecule has 0 aliphatic rings. The van der Waals surface area contributed by atoms with E-state index in [1.54, 1.807) is 6.07 Å². The second kappa shape index (κ2) is 5.79. The van der Waals surface area contributed by atoms with E-state index in [0.29, 0.717) is 10.7 Å². The minimum atomic E-state index is -0.453. The fourth-order valence-corrected chi connectivity index (χ4v) is 1.88. The molecule has 0 fully saturated rings. The fourth-order valence-electron chi connectivity index (χ4n) is 1.70. The van der Waals surface area contributed by atoms with Gasteiger partial charge in [0.25, 0.3) is 5.91 Å². The van der Waals surface area contributed by atoms with E-state index in [0.717, 1.165) is 0 Å². The van der Waals surface area contributed by atoms with Crippen LogP contribution in [0, 0.1) is 5.82 Å². The topological polar surface area (TPSA) is 64.3 Å². The Balaban J connectivity index is 2.28. The fraction of sp³-hybridized carbons (Fsp3) is 0.0714. The number of halogens is 2. The molecule has 2 aromatic carbocycles. The highest BCUT2D eigenvalue weighted by Crippen LogP contribution is 2.26. The Morgan fingerprint density at radius 3 is 2.70 bits per heavy atom. The number of ether oxygens (including phenoxy) is 1. The van der Waals surface area contributed by atoms with Crippen LogP contribution in [0.15, 0.2) is 36.4 Å². The summed E-state index contributed by atoms with van der Waals surface area (Å²) < 4.78 is 18.1. The first kappa shape index (κ1) is 14.1. The van der Waals surface area contributed by atoms with Gasteiger partial charge in [0.2, 0.25) is 0 Å². The standard InChI is InChI=1S/C14H12ClFN2O2/c1-20-13-7-9(16)3-5-12(13)18-14(19)10-4-2-8(15)6-11(10)17/h2-7H,17H2,1H3,(H,18,19). The predicted octanol–water partition coefficient (Wildman–Crippen LogP) is 3.32. The third kappa shape index (κ3) is 3.00. The Bertz CT molecular complexity index is 662. The molecule has 2 rings (SSSR count). The second-order valence-electron chi connectivity index (χ2n) is 4.03. The Morgan fingerprint density at radius 2 is 2.05 bits per heavy atom. The first-order valence-corrected chi connectivity index (χ1v) is 6.09. The van der Waals surface area contributed by atoms with Gasteiger partial charge in [-0.05, 0) is 30.3 Å². The van der Waals surface area contributed by atoms with Crippen LogP contribution in [-0.2, 0) is 0 Å². The Kier molecular flexibility index (Phi) is 4.10. The van der Waals surface area contributed by atoms with Crippen molar-refractivity contribution in [1.82, 2.24) is 0 Å². The summed E-state index contributed by atoms with van der Waals surface area (Å²) in [5.74, 6) is -0.652. The van der Waals surface area contributed by atoms with Gasteiger partial charge >= 0.3 is 0 Å². The molecule has 2 aromatic rings. The third-order valence-corrected chi connectivity index (χ3v) is 2.91. The lowest BCUT2D eigenvalue weighted by atomic mass is 10.1. The zero-order valence-corrected chi connectivity index (χ0v) is 11.4. The zero-order valence-electron chi connectivity index (χ0n) is 10.6. The smallest absolute Gasteiger partial charge is 0.257 e. The Morgan fingerprint density at radius 1 is 1.30 bits per heavy atom. The molecule has 0 bridgehead atoms. The number of carbonyl (C=O) groups excluding carboxylic acids is 1. The largest absolute Gasteiger partial charge is 0.494 e. The van der Waals surface area contributed by atoms with Crippen LogP contribution >= 0.6 is 11.6 Å². The maximum atomic E-state index is 13.1. The minimum absolute atomic E-state index is 0.228. The van der Waals surface area contributed by atoms with Crippen molar-refractivity contribution in [2.45, 2.75) is 0 Å². The van der Waals surface area contributed by atoms with Crippen LogP contribution in [0.1, 0.15) is 10.4 Å². The van der Waals surface area contributed by atoms with Gasteiger partial charge < -0.3 is 15.8 Å². The number of hydrogen-bond donors (Lipinski definition) is 2. The SMILES string of the molecule is COc1cc(F)ccc1NC(=O)c1ccc(Cl)cc1N. The maximum Gasteiger partial charge on any atom is 0.257 e. The molecule has 0 spiro atoms. The van der Waals surface area contributed by atoms with Crippen LogP contribution in [0.4, 0.5) is 15.8 Å². The van der Waals surface area contributed by atoms with E-state index < -0.39 is 11.7 Å². The molecule has 4 nitrogen and oxygen atoms in total. The first-order chi connectivity index (χ1) is 9.51. The number of nitrogen functional groups attached to an aromatic ring is 1. The quantitative estimate of drug-likeness (QED) is 0.854. The minimum Gasteiger partial charge on any atom is -0.494 e. The molecule has 1 amide bonds. The highest BCUT2D eigenvalue weighted by Gasteiger charge is 2.13. The van der Waals surface area contributed by atoms with Crippen molar-refractivity contribution in [3.63, 3.8) is 0 Å². The van der Waals surface area contributed by atoms with Gasteiger partial charge in [-0.15, -0.1) is 0 Å². The van der Waals surface area contributed by atoms with E-state index in [9.17, 15) is 9.18 Å². The highest BCUT2D eigenvalue weighted by atomic mass is 35.5. The van der Waals surface area contributed by atoms with Gasteiger partial charge in [0.15, 0.2) is 0 Å². The molecule has 0 saturated carbocycles. The van der Waals surface area contributed by atoms with Crippen molar-refractivity contribution in [1.29, 1.82) is 0 Å². The van der Waals surface area contributed by atoms with E-state index in [1.165, 1.54) is 37.4 Å². The maximum absolute atomic E-state index is 13.1. The lowest BCUT2D eigenvalue weighted by Gasteiger charge is -2.11. The second-order valence-corrected chi connectivity index (χ2v) is 4.47. The molecular weight excluding hydrogens is 283 g/mol. The molecule has 0 saturated heterocycles. The van der Waals surface area contributed by atoms with Gasteiger partial charge in [-0.1, -0.05) is 11.6 Å². The summed E-state index contributed by atoms with van der Waals surface area (Å²) in [5.41, 5.74) is 6.63. The first-order valence-electron chi connectivity index (χ1n) is 5.71. The van der Waals surface area contributed by atoms with E-state index in [2.05, 4.69) is 5.32 Å². The monoisotopic (exact) mass is 294 g/mol. The number of methoxy groups -OCH3 is 1. The molecule has 3 N–H and O–H groups in total. The van der Waals surface area contributed by atoms with Gasteiger partial charge in [0.05, 0.1) is 18.4 Å². The van der Waals surface area contributed by atoms with Gasteiger partial charge in [-0.2, -0.15) is 0 Å². The lowest BCUT2D eigenvalue weighted by Crippen LogP contribution is -2.14. The number of benzene rings is 2. The number of nitrogens with two attached hydrogens (primary N) is 1. The summed E-state index contributed by atoms with van der Waals surface area (Å²) in [7, 11) is 1.39. The average molecular weight is 295 g/mol. The molecular formula is C14H12ClFN2O2. The Hall–Kier alpha value is -2.27. The number of carbonyl (C=O) groups is 1. The van der Waals surface area contributed by atoms with E-state index in [1.807, 2.05) is 0 Å². The third-order valence-electron chi connectivity index (χ3n) is 2.67. The van der Waals surface area contributed by atoms with Crippen molar-refractivity contribution < 1.29 is 13.9 Å². The summed E-state index contributed by atoms with van der Waals surface area (Å²) in [4.78, 5) is 12.1. The molecule has 0 unspecified atom stereocenters. The number of rotatable bonds is 3. The normalized spacial score (nSPS) is 10.2. The predicted molar refractivity (Wildman–Crippen MR) is 76.8 cm³/mol. The molecule has 0 aliphatic heterocycles. The molecule has 0 heterocycles. The summed E-state index contributed by atoms with van der Waals surface area (Å²) >= 11 is 5.77. The number of anilines is 2. The van der Waals surface area contributed by atoms with Gasteiger partial charge in [0, 0.05) is 16.8 Å². The number of hydrogen-bond acceptors (Lipinski definition) is 3. The molecule has 104 valence electrons. The Labute approximate surface area is 120 Å². The summed E-state index contributed by atoms with van der Waals surface area (Å²) in [6, 6.07) is 8.39. The van der Waals surface area contributed by atoms with Gasteiger partial charge in [-0.3, -0.25) is 4.79 Å². The van der Waals surface area contributed by atoms with Crippen LogP contribution in [0.3, 0.4) is 0 Å². The van der Waals surface area contributed by atoms with Crippen LogP contribution in [0.25, 0.3) is 0 Å². The number of nitrogens with one attached hydrogen (secondary N) is 1. The molecule has 0 aromatic heterocycles. The van der Waals surface area contributed by atoms with Crippen molar-refractivity contribution in [2.24, 2.45) is 0 Å².